The Bertz CT molecular complexity index is 983. The fraction of sp³-hybridized carbons (Fsp3) is 0.286. The van der Waals surface area contributed by atoms with Crippen LogP contribution in [0.2, 0.25) is 5.02 Å². The molecule has 2 aromatic carbocycles. The number of hydrogen-bond donors (Lipinski definition) is 2. The summed E-state index contributed by atoms with van der Waals surface area (Å²) < 4.78 is 13.2. The number of halogens is 2. The van der Waals surface area contributed by atoms with E-state index in [0.717, 1.165) is 48.1 Å². The van der Waals surface area contributed by atoms with E-state index in [4.69, 9.17) is 17.3 Å². The minimum Gasteiger partial charge on any atom is -0.366 e. The maximum Gasteiger partial charge on any atom is 0.250 e. The average molecular weight is 386 g/mol. The Labute approximate surface area is 162 Å². The van der Waals surface area contributed by atoms with E-state index in [1.807, 2.05) is 18.2 Å². The van der Waals surface area contributed by atoms with Crippen molar-refractivity contribution in [2.75, 3.05) is 11.4 Å². The number of nitrogens with one attached hydrogen (secondary N) is 1. The topological polar surface area (TPSA) is 62.1 Å². The number of H-pyrrole nitrogens is 1. The van der Waals surface area contributed by atoms with Crippen molar-refractivity contribution in [3.05, 3.63) is 64.4 Å². The molecule has 6 heteroatoms. The van der Waals surface area contributed by atoms with E-state index in [0.29, 0.717) is 16.6 Å². The van der Waals surface area contributed by atoms with Crippen LogP contribution in [0.25, 0.3) is 10.9 Å². The highest BCUT2D eigenvalue weighted by molar-refractivity contribution is 6.34. The van der Waals surface area contributed by atoms with Gasteiger partial charge in [-0.3, -0.25) is 4.79 Å². The first-order valence-electron chi connectivity index (χ1n) is 9.14. The molecule has 0 bridgehead atoms. The molecule has 2 heterocycles. The van der Waals surface area contributed by atoms with Crippen molar-refractivity contribution in [2.24, 2.45) is 5.73 Å². The molecule has 1 aromatic heterocycles. The molecular weight excluding hydrogens is 365 g/mol. The van der Waals surface area contributed by atoms with Crippen molar-refractivity contribution < 1.29 is 9.18 Å². The molecule has 1 aliphatic rings. The van der Waals surface area contributed by atoms with Gasteiger partial charge in [0.25, 0.3) is 0 Å². The highest BCUT2D eigenvalue weighted by Crippen LogP contribution is 2.31. The molecular formula is C21H21ClFN3O. The van der Waals surface area contributed by atoms with Gasteiger partial charge in [-0.15, -0.1) is 0 Å². The Balaban J connectivity index is 1.64. The molecule has 4 nitrogen and oxygen atoms in total. The molecule has 1 atom stereocenters. The van der Waals surface area contributed by atoms with Gasteiger partial charge >= 0.3 is 0 Å². The van der Waals surface area contributed by atoms with Gasteiger partial charge in [-0.25, -0.2) is 4.39 Å². The maximum absolute atomic E-state index is 13.2. The number of carbonyl (C=O) groups is 1. The first-order valence-corrected chi connectivity index (χ1v) is 9.52. The van der Waals surface area contributed by atoms with E-state index in [1.165, 1.54) is 18.6 Å². The second-order valence-electron chi connectivity index (χ2n) is 7.11. The first-order chi connectivity index (χ1) is 13.0. The van der Waals surface area contributed by atoms with Gasteiger partial charge in [0.2, 0.25) is 5.91 Å². The largest absolute Gasteiger partial charge is 0.366 e. The Morgan fingerprint density at radius 3 is 2.74 bits per heavy atom. The summed E-state index contributed by atoms with van der Waals surface area (Å²) in [5.41, 5.74) is 7.74. The van der Waals surface area contributed by atoms with Crippen molar-refractivity contribution in [1.82, 2.24) is 4.98 Å². The third-order valence-electron chi connectivity index (χ3n) is 5.28. The van der Waals surface area contributed by atoms with Crippen LogP contribution in [-0.4, -0.2) is 23.5 Å². The van der Waals surface area contributed by atoms with Crippen LogP contribution in [0.5, 0.6) is 0 Å². The number of nitrogens with zero attached hydrogens (tertiary/aromatic N) is 1. The molecule has 0 saturated carbocycles. The summed E-state index contributed by atoms with van der Waals surface area (Å²) in [6.07, 6.45) is 4.26. The van der Waals surface area contributed by atoms with Crippen LogP contribution in [0.4, 0.5) is 10.2 Å². The second kappa shape index (κ2) is 7.24. The number of anilines is 1. The minimum atomic E-state index is -0.531. The van der Waals surface area contributed by atoms with E-state index in [-0.39, 0.29) is 5.82 Å². The molecule has 1 amide bonds. The normalized spacial score (nSPS) is 17.4. The number of fused-ring (bicyclic) bond motifs is 1. The van der Waals surface area contributed by atoms with Crippen molar-refractivity contribution in [3.8, 4) is 0 Å². The van der Waals surface area contributed by atoms with Crippen molar-refractivity contribution >= 4 is 34.2 Å². The number of aromatic amines is 1. The van der Waals surface area contributed by atoms with Gasteiger partial charge in [0.15, 0.2) is 0 Å². The van der Waals surface area contributed by atoms with Crippen LogP contribution >= 0.6 is 11.6 Å². The standard InChI is InChI=1S/C21H21ClFN3O/c22-18-12-19-14(10-17(18)21(24)27)11-20(25-19)26-8-2-1-3-16(26)9-13-4-6-15(23)7-5-13/h4-7,10-12,16,25H,1-3,8-9H2,(H2,24,27). The van der Waals surface area contributed by atoms with Crippen LogP contribution < -0.4 is 10.6 Å². The third-order valence-corrected chi connectivity index (χ3v) is 5.59. The van der Waals surface area contributed by atoms with E-state index in [9.17, 15) is 9.18 Å². The molecule has 0 aliphatic carbocycles. The van der Waals surface area contributed by atoms with E-state index < -0.39 is 5.91 Å². The molecule has 1 unspecified atom stereocenters. The van der Waals surface area contributed by atoms with E-state index in [2.05, 4.69) is 9.88 Å². The lowest BCUT2D eigenvalue weighted by Gasteiger charge is -2.36. The van der Waals surface area contributed by atoms with Crippen LogP contribution in [0.3, 0.4) is 0 Å². The summed E-state index contributed by atoms with van der Waals surface area (Å²) in [6, 6.07) is 12.6. The van der Waals surface area contributed by atoms with Gasteiger partial charge in [0, 0.05) is 23.5 Å². The minimum absolute atomic E-state index is 0.211. The number of piperidine rings is 1. The molecule has 1 fully saturated rings. The number of amides is 1. The predicted octanol–water partition coefficient (Wildman–Crippen LogP) is 4.66. The summed E-state index contributed by atoms with van der Waals surface area (Å²) in [7, 11) is 0. The maximum atomic E-state index is 13.2. The zero-order chi connectivity index (χ0) is 19.0. The third kappa shape index (κ3) is 3.65. The van der Waals surface area contributed by atoms with Gasteiger partial charge < -0.3 is 15.6 Å². The van der Waals surface area contributed by atoms with E-state index in [1.54, 1.807) is 12.1 Å². The number of rotatable bonds is 4. The second-order valence-corrected chi connectivity index (χ2v) is 7.52. The molecule has 0 radical (unpaired) electrons. The molecule has 1 saturated heterocycles. The van der Waals surface area contributed by atoms with Crippen molar-refractivity contribution in [2.45, 2.75) is 31.7 Å². The smallest absolute Gasteiger partial charge is 0.250 e. The Kier molecular flexibility index (Phi) is 4.79. The number of primary amides is 1. The number of hydrogen-bond acceptors (Lipinski definition) is 2. The van der Waals surface area contributed by atoms with Crippen molar-refractivity contribution in [1.29, 1.82) is 0 Å². The molecule has 0 spiro atoms. The van der Waals surface area contributed by atoms with Gasteiger partial charge in [-0.05, 0) is 61.6 Å². The van der Waals surface area contributed by atoms with Crippen molar-refractivity contribution in [3.63, 3.8) is 0 Å². The SMILES string of the molecule is NC(=O)c1cc2cc(N3CCCCC3Cc3ccc(F)cc3)[nH]c2cc1Cl. The lowest BCUT2D eigenvalue weighted by molar-refractivity contribution is 0.100. The highest BCUT2D eigenvalue weighted by atomic mass is 35.5. The number of aromatic nitrogens is 1. The average Bonchev–Trinajstić information content (AvgIpc) is 3.06. The Morgan fingerprint density at radius 1 is 1.22 bits per heavy atom. The summed E-state index contributed by atoms with van der Waals surface area (Å²) in [6.45, 7) is 0.953. The number of benzene rings is 2. The summed E-state index contributed by atoms with van der Waals surface area (Å²) in [4.78, 5) is 17.3. The zero-order valence-corrected chi connectivity index (χ0v) is 15.6. The molecule has 4 rings (SSSR count). The quantitative estimate of drug-likeness (QED) is 0.686. The molecule has 3 aromatic rings. The number of carbonyl (C=O) groups excluding carboxylic acids is 1. The fourth-order valence-electron chi connectivity index (χ4n) is 3.91. The summed E-state index contributed by atoms with van der Waals surface area (Å²) in [5.74, 6) is 0.267. The van der Waals surface area contributed by atoms with Gasteiger partial charge in [-0.2, -0.15) is 0 Å². The predicted molar refractivity (Wildman–Crippen MR) is 107 cm³/mol. The lowest BCUT2D eigenvalue weighted by atomic mass is 9.95. The van der Waals surface area contributed by atoms with Crippen LogP contribution in [0.1, 0.15) is 35.2 Å². The van der Waals surface area contributed by atoms with Crippen LogP contribution in [0.15, 0.2) is 42.5 Å². The lowest BCUT2D eigenvalue weighted by Crippen LogP contribution is -2.41. The Morgan fingerprint density at radius 2 is 2.00 bits per heavy atom. The van der Waals surface area contributed by atoms with Gasteiger partial charge in [-0.1, -0.05) is 23.7 Å². The van der Waals surface area contributed by atoms with Gasteiger partial charge in [0.1, 0.15) is 11.6 Å². The zero-order valence-electron chi connectivity index (χ0n) is 14.8. The summed E-state index contributed by atoms with van der Waals surface area (Å²) in [5, 5.41) is 1.26. The Hall–Kier alpha value is -2.53. The monoisotopic (exact) mass is 385 g/mol. The number of nitrogens with two attached hydrogens (primary N) is 1. The fourth-order valence-corrected chi connectivity index (χ4v) is 4.16. The molecule has 3 N–H and O–H groups in total. The highest BCUT2D eigenvalue weighted by Gasteiger charge is 2.24. The van der Waals surface area contributed by atoms with Gasteiger partial charge in [0.05, 0.1) is 10.6 Å². The molecule has 1 aliphatic heterocycles. The molecule has 140 valence electrons. The van der Waals surface area contributed by atoms with Crippen LogP contribution in [0, 0.1) is 5.82 Å². The van der Waals surface area contributed by atoms with Crippen LogP contribution in [-0.2, 0) is 6.42 Å². The molecule has 27 heavy (non-hydrogen) atoms. The summed E-state index contributed by atoms with van der Waals surface area (Å²) >= 11 is 6.18. The van der Waals surface area contributed by atoms with E-state index >= 15 is 0 Å². The first kappa shape index (κ1) is 17.9.